The number of carbonyl (C=O) groups is 2. The van der Waals surface area contributed by atoms with E-state index in [1.165, 1.54) is 14.2 Å². The van der Waals surface area contributed by atoms with Gasteiger partial charge in [-0.15, -0.1) is 0 Å². The van der Waals surface area contributed by atoms with Gasteiger partial charge in [-0.05, 0) is 74.2 Å². The average Bonchev–Trinajstić information content (AvgIpc) is 3.87. The van der Waals surface area contributed by atoms with E-state index in [4.69, 9.17) is 14.2 Å². The van der Waals surface area contributed by atoms with Gasteiger partial charge < -0.3 is 39.4 Å². The Morgan fingerprint density at radius 3 is 2.45 bits per heavy atom. The lowest BCUT2D eigenvalue weighted by Crippen LogP contribution is -2.80. The fraction of sp³-hybridized carbons (Fsp3) is 0.591. The van der Waals surface area contributed by atoms with Crippen LogP contribution in [0.15, 0.2) is 48.6 Å². The van der Waals surface area contributed by atoms with Crippen LogP contribution in [0.5, 0.6) is 5.75 Å². The maximum absolute atomic E-state index is 15.2. The molecule has 1 saturated carbocycles. The molecule has 6 heterocycles. The van der Waals surface area contributed by atoms with E-state index < -0.39 is 51.5 Å². The summed E-state index contributed by atoms with van der Waals surface area (Å²) in [6.07, 6.45) is 5.82. The van der Waals surface area contributed by atoms with Crippen molar-refractivity contribution in [3.63, 3.8) is 0 Å². The second kappa shape index (κ2) is 12.8. The standard InChI is InChI=1S/C44H56N4O8/c1-7-40(52)22-26-23-43(38(50)55-5,34-28(14-18-47(24-26)25-40)27-12-9-10-13-31(27)45-34)30-20-29-32(21-33(30)54-4)46(3)36-42(29)16-19-48-17-11-15-41(8-2,35(42)48)37(49)44(36,53)39(51)56-6/h9-13,15,20-21,26,35-37,45,49,52-53H,7-8,14,16-19,22-25H2,1-6H3/t26-,35+,36-,37-,40+,41-,42-,43+,44+/m1/s1. The van der Waals surface area contributed by atoms with Gasteiger partial charge in [-0.1, -0.05) is 44.2 Å². The topological polar surface area (TPSA) is 148 Å². The van der Waals surface area contributed by atoms with E-state index in [1.807, 2.05) is 62.2 Å². The Kier molecular flexibility index (Phi) is 8.59. The number of carbonyl (C=O) groups excluding carboxylic acids is 2. The van der Waals surface area contributed by atoms with E-state index in [1.54, 1.807) is 7.11 Å². The molecule has 10 atom stereocenters. The smallest absolute Gasteiger partial charge is 0.342 e. The predicted molar refractivity (Wildman–Crippen MR) is 211 cm³/mol. The molecule has 12 heteroatoms. The Hall–Kier alpha value is -3.94. The average molecular weight is 769 g/mol. The van der Waals surface area contributed by atoms with Gasteiger partial charge in [-0.25, -0.2) is 4.79 Å². The molecular weight excluding hydrogens is 713 g/mol. The van der Waals surface area contributed by atoms with Crippen molar-refractivity contribution >= 4 is 28.5 Å². The summed E-state index contributed by atoms with van der Waals surface area (Å²) in [5.41, 5.74) is -1.43. The van der Waals surface area contributed by atoms with Gasteiger partial charge in [-0.3, -0.25) is 14.6 Å². The molecule has 2 saturated heterocycles. The Balaban J connectivity index is 1.36. The van der Waals surface area contributed by atoms with Crippen LogP contribution >= 0.6 is 0 Å². The van der Waals surface area contributed by atoms with Crippen molar-refractivity contribution < 1.29 is 39.1 Å². The molecule has 4 N–H and O–H groups in total. The molecule has 9 rings (SSSR count). The first-order valence-corrected chi connectivity index (χ1v) is 20.3. The SMILES string of the molecule is CC[C@]1(O)C[C@H]2CN(CCc3c([nH]c4ccccc34)[C@@](C(=O)OC)(c3cc4c(cc3OC)N(C)[C@H]3[C@@](O)(C(=O)OC)[C@H](O)[C@]5(CC)C=CCN6CC[C@]43[C@@H]65)C2)C1. The van der Waals surface area contributed by atoms with Crippen molar-refractivity contribution in [1.82, 2.24) is 14.8 Å². The predicted octanol–water partition coefficient (Wildman–Crippen LogP) is 3.42. The van der Waals surface area contributed by atoms with Crippen LogP contribution in [-0.4, -0.2) is 133 Å². The van der Waals surface area contributed by atoms with E-state index in [0.29, 0.717) is 69.5 Å². The largest absolute Gasteiger partial charge is 0.496 e. The molecule has 2 aromatic carbocycles. The Labute approximate surface area is 328 Å². The number of nitrogens with zero attached hydrogens (tertiary/aromatic N) is 3. The molecule has 2 bridgehead atoms. The first-order chi connectivity index (χ1) is 26.8. The highest BCUT2D eigenvalue weighted by Gasteiger charge is 2.79. The lowest BCUT2D eigenvalue weighted by Gasteiger charge is -2.63. The number of benzene rings is 2. The number of ether oxygens (including phenoxy) is 3. The van der Waals surface area contributed by atoms with Crippen molar-refractivity contribution in [3.8, 4) is 5.75 Å². The van der Waals surface area contributed by atoms with E-state index in [2.05, 4.69) is 26.9 Å². The molecule has 1 aliphatic carbocycles. The number of fused-ring (bicyclic) bond motifs is 6. The van der Waals surface area contributed by atoms with Crippen LogP contribution in [0.1, 0.15) is 68.3 Å². The molecular formula is C44H56N4O8. The molecule has 12 nitrogen and oxygen atoms in total. The Morgan fingerprint density at radius 2 is 1.73 bits per heavy atom. The fourth-order valence-corrected chi connectivity index (χ4v) is 13.2. The zero-order chi connectivity index (χ0) is 39.6. The minimum atomic E-state index is -2.29. The van der Waals surface area contributed by atoms with Crippen molar-refractivity contribution in [2.24, 2.45) is 11.3 Å². The Morgan fingerprint density at radius 1 is 0.964 bits per heavy atom. The summed E-state index contributed by atoms with van der Waals surface area (Å²) < 4.78 is 17.6. The van der Waals surface area contributed by atoms with Crippen LogP contribution in [0, 0.1) is 11.3 Å². The summed E-state index contributed by atoms with van der Waals surface area (Å²) in [5, 5.41) is 38.3. The summed E-state index contributed by atoms with van der Waals surface area (Å²) >= 11 is 0. The first kappa shape index (κ1) is 37.6. The monoisotopic (exact) mass is 768 g/mol. The first-order valence-electron chi connectivity index (χ1n) is 20.3. The molecule has 56 heavy (non-hydrogen) atoms. The van der Waals surface area contributed by atoms with Gasteiger partial charge in [0.2, 0.25) is 5.60 Å². The normalized spacial score (nSPS) is 38.4. The van der Waals surface area contributed by atoms with Gasteiger partial charge in [0.05, 0.1) is 33.0 Å². The number of likely N-dealkylation sites (N-methyl/N-ethyl adjacent to an activating group) is 1. The number of aliphatic hydroxyl groups is 3. The van der Waals surface area contributed by atoms with Crippen LogP contribution in [0.4, 0.5) is 5.69 Å². The highest BCUT2D eigenvalue weighted by Crippen LogP contribution is 2.67. The van der Waals surface area contributed by atoms with Crippen molar-refractivity contribution in [2.45, 2.75) is 92.6 Å². The molecule has 300 valence electrons. The van der Waals surface area contributed by atoms with Crippen LogP contribution in [0.3, 0.4) is 0 Å². The third-order valence-corrected chi connectivity index (χ3v) is 15.4. The minimum Gasteiger partial charge on any atom is -0.496 e. The third kappa shape index (κ3) is 4.59. The molecule has 3 aromatic rings. The number of esters is 2. The van der Waals surface area contributed by atoms with Gasteiger partial charge in [0.25, 0.3) is 0 Å². The van der Waals surface area contributed by atoms with Gasteiger partial charge in [0, 0.05) is 84.0 Å². The molecule has 3 fully saturated rings. The fourth-order valence-electron chi connectivity index (χ4n) is 13.2. The molecule has 1 aromatic heterocycles. The minimum absolute atomic E-state index is 0.0795. The molecule has 0 amide bonds. The number of aliphatic hydroxyl groups excluding tert-OH is 1. The van der Waals surface area contributed by atoms with Crippen LogP contribution in [-0.2, 0) is 36.3 Å². The maximum Gasteiger partial charge on any atom is 0.342 e. The molecule has 0 radical (unpaired) electrons. The van der Waals surface area contributed by atoms with Crippen LogP contribution in [0.25, 0.3) is 10.9 Å². The number of para-hydroxylation sites is 1. The number of rotatable bonds is 6. The van der Waals surface area contributed by atoms with E-state index in [-0.39, 0.29) is 12.0 Å². The zero-order valence-electron chi connectivity index (χ0n) is 33.4. The zero-order valence-corrected chi connectivity index (χ0v) is 33.4. The number of nitrogens with one attached hydrogen (secondary N) is 1. The number of methoxy groups -OCH3 is 3. The van der Waals surface area contributed by atoms with Crippen LogP contribution < -0.4 is 9.64 Å². The summed E-state index contributed by atoms with van der Waals surface area (Å²) in [4.78, 5) is 39.7. The summed E-state index contributed by atoms with van der Waals surface area (Å²) in [6.45, 7) is 7.41. The van der Waals surface area contributed by atoms with E-state index in [9.17, 15) is 20.1 Å². The van der Waals surface area contributed by atoms with E-state index in [0.717, 1.165) is 46.5 Å². The Bertz CT molecular complexity index is 2140. The maximum atomic E-state index is 15.2. The van der Waals surface area contributed by atoms with Gasteiger partial charge in [-0.2, -0.15) is 0 Å². The summed E-state index contributed by atoms with van der Waals surface area (Å²) in [7, 11) is 6.17. The molecule has 6 aliphatic rings. The van der Waals surface area contributed by atoms with Gasteiger partial charge in [0.1, 0.15) is 17.3 Å². The van der Waals surface area contributed by atoms with Crippen molar-refractivity contribution in [1.29, 1.82) is 0 Å². The van der Waals surface area contributed by atoms with Gasteiger partial charge >= 0.3 is 11.9 Å². The lowest BCUT2D eigenvalue weighted by atomic mass is 9.47. The number of aromatic nitrogens is 1. The lowest BCUT2D eigenvalue weighted by molar-refractivity contribution is -0.218. The number of H-pyrrole nitrogens is 1. The quantitative estimate of drug-likeness (QED) is 0.216. The molecule has 1 unspecified atom stereocenters. The van der Waals surface area contributed by atoms with Crippen molar-refractivity contribution in [2.75, 3.05) is 66.0 Å². The third-order valence-electron chi connectivity index (χ3n) is 15.4. The van der Waals surface area contributed by atoms with Crippen LogP contribution in [0.2, 0.25) is 0 Å². The number of hydrogen-bond acceptors (Lipinski definition) is 11. The molecule has 1 spiro atoms. The second-order valence-electron chi connectivity index (χ2n) is 17.6. The summed E-state index contributed by atoms with van der Waals surface area (Å²) in [6, 6.07) is 11.1. The summed E-state index contributed by atoms with van der Waals surface area (Å²) in [5.74, 6) is -0.908. The number of aromatic amines is 1. The highest BCUT2D eigenvalue weighted by molar-refractivity contribution is 5.95. The van der Waals surface area contributed by atoms with Crippen molar-refractivity contribution in [3.05, 3.63) is 70.9 Å². The second-order valence-corrected chi connectivity index (χ2v) is 17.6. The highest BCUT2D eigenvalue weighted by atomic mass is 16.5. The number of hydrogen-bond donors (Lipinski definition) is 4. The molecule has 5 aliphatic heterocycles. The van der Waals surface area contributed by atoms with E-state index >= 15 is 4.79 Å². The number of anilines is 1. The van der Waals surface area contributed by atoms with Gasteiger partial charge in [0.15, 0.2) is 0 Å². The number of piperidine rings is 1.